The molecule has 0 amide bonds. The molecule has 1 rings (SSSR count). The molecular weight excluding hydrogens is 156 g/mol. The van der Waals surface area contributed by atoms with Gasteiger partial charge in [-0.15, -0.1) is 0 Å². The smallest absolute Gasteiger partial charge is 0.0504 e. The van der Waals surface area contributed by atoms with Gasteiger partial charge in [0.2, 0.25) is 0 Å². The molecule has 0 radical (unpaired) electrons. The lowest BCUT2D eigenvalue weighted by Crippen LogP contribution is -2.29. The summed E-state index contributed by atoms with van der Waals surface area (Å²) in [7, 11) is 0. The molecule has 0 aromatic carbocycles. The highest BCUT2D eigenvalue weighted by atomic mass is 32.2. The number of hydrogen-bond donors (Lipinski definition) is 0. The van der Waals surface area contributed by atoms with Gasteiger partial charge in [-0.1, -0.05) is 20.3 Å². The van der Waals surface area contributed by atoms with E-state index in [1.807, 2.05) is 0 Å². The van der Waals surface area contributed by atoms with Crippen molar-refractivity contribution in [3.05, 3.63) is 0 Å². The van der Waals surface area contributed by atoms with Gasteiger partial charge < -0.3 is 4.74 Å². The molecule has 0 spiro atoms. The first-order chi connectivity index (χ1) is 5.38. The maximum atomic E-state index is 5.44. The zero-order valence-electron chi connectivity index (χ0n) is 7.51. The minimum absolute atomic E-state index is 0.814. The van der Waals surface area contributed by atoms with Crippen LogP contribution in [0.3, 0.4) is 0 Å². The van der Waals surface area contributed by atoms with Gasteiger partial charge in [0.1, 0.15) is 0 Å². The molecule has 1 fully saturated rings. The van der Waals surface area contributed by atoms with E-state index in [2.05, 4.69) is 25.6 Å². The highest BCUT2D eigenvalue weighted by Gasteiger charge is 2.23. The van der Waals surface area contributed by atoms with Crippen molar-refractivity contribution < 1.29 is 4.74 Å². The number of rotatable bonds is 3. The second-order valence-corrected chi connectivity index (χ2v) is 4.54. The van der Waals surface area contributed by atoms with Gasteiger partial charge in [-0.05, 0) is 18.1 Å². The monoisotopic (exact) mass is 174 g/mol. The maximum Gasteiger partial charge on any atom is 0.0504 e. The molecule has 66 valence electrons. The highest BCUT2D eigenvalue weighted by Crippen LogP contribution is 2.28. The van der Waals surface area contributed by atoms with Crippen LogP contribution in [0.1, 0.15) is 26.7 Å². The van der Waals surface area contributed by atoms with Crippen molar-refractivity contribution in [3.63, 3.8) is 0 Å². The minimum atomic E-state index is 0.814. The Morgan fingerprint density at radius 2 is 2.27 bits per heavy atom. The Morgan fingerprint density at radius 3 is 2.91 bits per heavy atom. The molecule has 0 aromatic heterocycles. The first-order valence-electron chi connectivity index (χ1n) is 4.57. The van der Waals surface area contributed by atoms with Gasteiger partial charge in [0.05, 0.1) is 6.61 Å². The van der Waals surface area contributed by atoms with Gasteiger partial charge in [0, 0.05) is 11.9 Å². The molecule has 0 N–H and O–H groups in total. The zero-order valence-corrected chi connectivity index (χ0v) is 8.32. The Hall–Kier alpha value is 0.310. The molecule has 1 nitrogen and oxygen atoms in total. The number of hydrogen-bond acceptors (Lipinski definition) is 2. The van der Waals surface area contributed by atoms with E-state index >= 15 is 0 Å². The van der Waals surface area contributed by atoms with Crippen molar-refractivity contribution in [1.29, 1.82) is 0 Å². The van der Waals surface area contributed by atoms with E-state index in [0.717, 1.165) is 24.4 Å². The fourth-order valence-electron chi connectivity index (χ4n) is 1.59. The lowest BCUT2D eigenvalue weighted by atomic mass is 9.99. The predicted molar refractivity (Wildman–Crippen MR) is 51.1 cm³/mol. The summed E-state index contributed by atoms with van der Waals surface area (Å²) in [6, 6.07) is 0. The second kappa shape index (κ2) is 5.04. The molecule has 1 heterocycles. The molecule has 2 heteroatoms. The second-order valence-electron chi connectivity index (χ2n) is 3.03. The van der Waals surface area contributed by atoms with Crippen molar-refractivity contribution >= 4 is 11.8 Å². The molecule has 0 aliphatic carbocycles. The maximum absolute atomic E-state index is 5.44. The molecule has 2 unspecified atom stereocenters. The van der Waals surface area contributed by atoms with Crippen molar-refractivity contribution in [2.75, 3.05) is 19.0 Å². The van der Waals surface area contributed by atoms with Crippen LogP contribution in [0, 0.1) is 5.92 Å². The molecular formula is C9H18OS. The molecule has 1 saturated heterocycles. The van der Waals surface area contributed by atoms with Crippen LogP contribution in [0.25, 0.3) is 0 Å². The SMILES string of the molecule is CCSC1CCOCC1CC. The third-order valence-corrected chi connectivity index (χ3v) is 3.69. The van der Waals surface area contributed by atoms with Crippen LogP contribution in [0.4, 0.5) is 0 Å². The fourth-order valence-corrected chi connectivity index (χ4v) is 2.83. The third kappa shape index (κ3) is 2.68. The Bertz CT molecular complexity index is 104. The number of ether oxygens (including phenoxy) is 1. The summed E-state index contributed by atoms with van der Waals surface area (Å²) in [6.07, 6.45) is 2.54. The first-order valence-corrected chi connectivity index (χ1v) is 5.62. The lowest BCUT2D eigenvalue weighted by Gasteiger charge is -2.29. The van der Waals surface area contributed by atoms with E-state index in [1.54, 1.807) is 0 Å². The summed E-state index contributed by atoms with van der Waals surface area (Å²) in [5.74, 6) is 2.06. The minimum Gasteiger partial charge on any atom is -0.381 e. The fraction of sp³-hybridized carbons (Fsp3) is 1.00. The van der Waals surface area contributed by atoms with Gasteiger partial charge >= 0.3 is 0 Å². The highest BCUT2D eigenvalue weighted by molar-refractivity contribution is 7.99. The summed E-state index contributed by atoms with van der Waals surface area (Å²) < 4.78 is 5.44. The van der Waals surface area contributed by atoms with Crippen molar-refractivity contribution in [3.8, 4) is 0 Å². The molecule has 2 atom stereocenters. The molecule has 0 bridgehead atoms. The van der Waals surface area contributed by atoms with Gasteiger partial charge in [0.25, 0.3) is 0 Å². The van der Waals surface area contributed by atoms with E-state index in [1.165, 1.54) is 18.6 Å². The molecule has 11 heavy (non-hydrogen) atoms. The standard InChI is InChI=1S/C9H18OS/c1-3-8-7-10-6-5-9(8)11-4-2/h8-9H,3-7H2,1-2H3. The van der Waals surface area contributed by atoms with Crippen molar-refractivity contribution in [2.24, 2.45) is 5.92 Å². The largest absolute Gasteiger partial charge is 0.381 e. The summed E-state index contributed by atoms with van der Waals surface area (Å²) in [5, 5.41) is 0.874. The van der Waals surface area contributed by atoms with Crippen LogP contribution < -0.4 is 0 Å². The summed E-state index contributed by atoms with van der Waals surface area (Å²) >= 11 is 2.10. The summed E-state index contributed by atoms with van der Waals surface area (Å²) in [5.41, 5.74) is 0. The quantitative estimate of drug-likeness (QED) is 0.650. The van der Waals surface area contributed by atoms with Crippen LogP contribution >= 0.6 is 11.8 Å². The average Bonchev–Trinajstić information content (AvgIpc) is 2.06. The normalized spacial score (nSPS) is 32.2. The summed E-state index contributed by atoms with van der Waals surface area (Å²) in [6.45, 7) is 6.48. The zero-order chi connectivity index (χ0) is 8.10. The van der Waals surface area contributed by atoms with E-state index in [9.17, 15) is 0 Å². The van der Waals surface area contributed by atoms with E-state index < -0.39 is 0 Å². The van der Waals surface area contributed by atoms with Crippen molar-refractivity contribution in [1.82, 2.24) is 0 Å². The van der Waals surface area contributed by atoms with Crippen LogP contribution in [0.15, 0.2) is 0 Å². The van der Waals surface area contributed by atoms with Crippen LogP contribution in [-0.2, 0) is 4.74 Å². The lowest BCUT2D eigenvalue weighted by molar-refractivity contribution is 0.0578. The Morgan fingerprint density at radius 1 is 1.45 bits per heavy atom. The van der Waals surface area contributed by atoms with Gasteiger partial charge in [-0.3, -0.25) is 0 Å². The van der Waals surface area contributed by atoms with E-state index in [4.69, 9.17) is 4.74 Å². The molecule has 0 aromatic rings. The average molecular weight is 174 g/mol. The third-order valence-electron chi connectivity index (χ3n) is 2.31. The number of thioether (sulfide) groups is 1. The molecule has 0 saturated carbocycles. The van der Waals surface area contributed by atoms with E-state index in [0.29, 0.717) is 0 Å². The molecule has 1 aliphatic rings. The molecule has 1 aliphatic heterocycles. The topological polar surface area (TPSA) is 9.23 Å². The van der Waals surface area contributed by atoms with Crippen molar-refractivity contribution in [2.45, 2.75) is 31.9 Å². The van der Waals surface area contributed by atoms with Gasteiger partial charge in [-0.25, -0.2) is 0 Å². The first kappa shape index (κ1) is 9.40. The van der Waals surface area contributed by atoms with Crippen LogP contribution in [0.5, 0.6) is 0 Å². The van der Waals surface area contributed by atoms with Crippen LogP contribution in [-0.4, -0.2) is 24.2 Å². The van der Waals surface area contributed by atoms with E-state index in [-0.39, 0.29) is 0 Å². The van der Waals surface area contributed by atoms with Gasteiger partial charge in [-0.2, -0.15) is 11.8 Å². The predicted octanol–water partition coefficient (Wildman–Crippen LogP) is 2.55. The Balaban J connectivity index is 2.31. The van der Waals surface area contributed by atoms with Crippen LogP contribution in [0.2, 0.25) is 0 Å². The Labute approximate surface area is 73.9 Å². The Kier molecular flexibility index (Phi) is 4.31. The summed E-state index contributed by atoms with van der Waals surface area (Å²) in [4.78, 5) is 0. The van der Waals surface area contributed by atoms with Gasteiger partial charge in [0.15, 0.2) is 0 Å².